The van der Waals surface area contributed by atoms with Crippen LogP contribution in [0.25, 0.3) is 0 Å². The molecule has 0 fully saturated rings. The zero-order valence-electron chi connectivity index (χ0n) is 11.0. The smallest absolute Gasteiger partial charge is 0.407 e. The van der Waals surface area contributed by atoms with Gasteiger partial charge in [0, 0.05) is 11.4 Å². The third kappa shape index (κ3) is 4.68. The Hall–Kier alpha value is -1.85. The molecule has 0 bridgehead atoms. The van der Waals surface area contributed by atoms with Crippen molar-refractivity contribution in [3.05, 3.63) is 58.3 Å². The molecule has 0 radical (unpaired) electrons. The number of alkyl carbamates (subject to hydrolysis) is 1. The highest BCUT2D eigenvalue weighted by Gasteiger charge is 2.09. The van der Waals surface area contributed by atoms with Crippen LogP contribution in [-0.4, -0.2) is 17.7 Å². The average molecular weight is 291 g/mol. The van der Waals surface area contributed by atoms with Gasteiger partial charge in [0.05, 0.1) is 6.10 Å². The summed E-state index contributed by atoms with van der Waals surface area (Å²) in [5.74, 6) is 0. The number of ether oxygens (including phenoxy) is 1. The first kappa shape index (κ1) is 14.6. The predicted octanol–water partition coefficient (Wildman–Crippen LogP) is 3.10. The van der Waals surface area contributed by atoms with Gasteiger partial charge in [-0.05, 0) is 23.4 Å². The third-order valence-electron chi connectivity index (χ3n) is 2.77. The van der Waals surface area contributed by atoms with Gasteiger partial charge in [-0.25, -0.2) is 4.79 Å². The van der Waals surface area contributed by atoms with Crippen LogP contribution in [0.5, 0.6) is 0 Å². The van der Waals surface area contributed by atoms with Crippen LogP contribution in [0.3, 0.4) is 0 Å². The van der Waals surface area contributed by atoms with Gasteiger partial charge in [-0.2, -0.15) is 0 Å². The van der Waals surface area contributed by atoms with Gasteiger partial charge >= 0.3 is 6.09 Å². The number of rotatable bonds is 6. The molecule has 1 aromatic heterocycles. The molecule has 1 atom stereocenters. The van der Waals surface area contributed by atoms with Crippen molar-refractivity contribution in [1.82, 2.24) is 5.32 Å². The maximum absolute atomic E-state index is 11.5. The topological polar surface area (TPSA) is 58.6 Å². The number of hydrogen-bond donors (Lipinski definition) is 2. The van der Waals surface area contributed by atoms with Gasteiger partial charge in [0.25, 0.3) is 0 Å². The number of carbonyl (C=O) groups excluding carboxylic acids is 1. The standard InChI is InChI=1S/C15H17NO3S/c17-13(14-7-4-10-20-14)8-9-16-15(18)19-11-12-5-2-1-3-6-12/h1-7,10,13,17H,8-9,11H2,(H,16,18). The monoisotopic (exact) mass is 291 g/mol. The van der Waals surface area contributed by atoms with Crippen LogP contribution in [0, 0.1) is 0 Å². The van der Waals surface area contributed by atoms with Crippen molar-refractivity contribution in [1.29, 1.82) is 0 Å². The lowest BCUT2D eigenvalue weighted by Gasteiger charge is -2.10. The Morgan fingerprint density at radius 2 is 2.05 bits per heavy atom. The first-order valence-corrected chi connectivity index (χ1v) is 7.29. The van der Waals surface area contributed by atoms with Crippen LogP contribution in [-0.2, 0) is 11.3 Å². The lowest BCUT2D eigenvalue weighted by atomic mass is 10.2. The van der Waals surface area contributed by atoms with E-state index in [0.717, 1.165) is 10.4 Å². The zero-order chi connectivity index (χ0) is 14.2. The fourth-order valence-electron chi connectivity index (χ4n) is 1.71. The van der Waals surface area contributed by atoms with E-state index in [1.54, 1.807) is 0 Å². The summed E-state index contributed by atoms with van der Waals surface area (Å²) in [6.45, 7) is 0.632. The molecule has 0 saturated carbocycles. The van der Waals surface area contributed by atoms with Crippen molar-refractivity contribution in [2.45, 2.75) is 19.1 Å². The molecule has 1 amide bonds. The Bertz CT molecular complexity index is 513. The van der Waals surface area contributed by atoms with Crippen LogP contribution in [0.1, 0.15) is 23.0 Å². The second kappa shape index (κ2) is 7.67. The van der Waals surface area contributed by atoms with E-state index in [-0.39, 0.29) is 6.61 Å². The Labute approximate surface area is 122 Å². The second-order valence-electron chi connectivity index (χ2n) is 4.31. The number of aliphatic hydroxyl groups is 1. The maximum atomic E-state index is 11.5. The molecular weight excluding hydrogens is 274 g/mol. The highest BCUT2D eigenvalue weighted by molar-refractivity contribution is 7.10. The minimum atomic E-state index is -0.538. The fourth-order valence-corrected chi connectivity index (χ4v) is 2.45. The average Bonchev–Trinajstić information content (AvgIpc) is 3.00. The summed E-state index contributed by atoms with van der Waals surface area (Å²) < 4.78 is 5.07. The molecule has 2 rings (SSSR count). The summed E-state index contributed by atoms with van der Waals surface area (Å²) in [5, 5.41) is 14.4. The van der Waals surface area contributed by atoms with Crippen LogP contribution < -0.4 is 5.32 Å². The van der Waals surface area contributed by atoms with Crippen LogP contribution in [0.15, 0.2) is 47.8 Å². The molecule has 0 aliphatic carbocycles. The van der Waals surface area contributed by atoms with Crippen LogP contribution in [0.2, 0.25) is 0 Å². The Morgan fingerprint density at radius 1 is 1.25 bits per heavy atom. The molecule has 0 saturated heterocycles. The number of aliphatic hydroxyl groups excluding tert-OH is 1. The summed E-state index contributed by atoms with van der Waals surface area (Å²) in [7, 11) is 0. The highest BCUT2D eigenvalue weighted by atomic mass is 32.1. The molecule has 0 aliphatic rings. The van der Waals surface area contributed by atoms with E-state index in [4.69, 9.17) is 4.74 Å². The number of thiophene rings is 1. The van der Waals surface area contributed by atoms with Crippen LogP contribution in [0.4, 0.5) is 4.79 Å². The number of amides is 1. The van der Waals surface area contributed by atoms with Crippen LogP contribution >= 0.6 is 11.3 Å². The summed E-state index contributed by atoms with van der Waals surface area (Å²) in [6, 6.07) is 13.3. The van der Waals surface area contributed by atoms with E-state index in [1.165, 1.54) is 11.3 Å². The van der Waals surface area contributed by atoms with Crippen molar-refractivity contribution >= 4 is 17.4 Å². The minimum Gasteiger partial charge on any atom is -0.445 e. The Kier molecular flexibility index (Phi) is 5.58. The molecule has 5 heteroatoms. The highest BCUT2D eigenvalue weighted by Crippen LogP contribution is 2.20. The molecule has 2 N–H and O–H groups in total. The van der Waals surface area contributed by atoms with Gasteiger partial charge < -0.3 is 15.2 Å². The number of nitrogens with one attached hydrogen (secondary N) is 1. The van der Waals surface area contributed by atoms with Crippen molar-refractivity contribution in [2.75, 3.05) is 6.54 Å². The molecule has 106 valence electrons. The SMILES string of the molecule is O=C(NCCC(O)c1cccs1)OCc1ccccc1. The number of carbonyl (C=O) groups is 1. The summed E-state index contributed by atoms with van der Waals surface area (Å²) in [5.41, 5.74) is 0.946. The van der Waals surface area contributed by atoms with Crippen molar-refractivity contribution in [3.63, 3.8) is 0 Å². The fraction of sp³-hybridized carbons (Fsp3) is 0.267. The zero-order valence-corrected chi connectivity index (χ0v) is 11.8. The van der Waals surface area contributed by atoms with Gasteiger partial charge in [-0.15, -0.1) is 11.3 Å². The van der Waals surface area contributed by atoms with Gasteiger partial charge in [0.1, 0.15) is 6.61 Å². The van der Waals surface area contributed by atoms with E-state index in [2.05, 4.69) is 5.32 Å². The molecule has 0 spiro atoms. The third-order valence-corrected chi connectivity index (χ3v) is 3.75. The predicted molar refractivity (Wildman–Crippen MR) is 78.5 cm³/mol. The lowest BCUT2D eigenvalue weighted by molar-refractivity contribution is 0.134. The van der Waals surface area contributed by atoms with E-state index in [9.17, 15) is 9.90 Å². The normalized spacial score (nSPS) is 11.8. The lowest BCUT2D eigenvalue weighted by Crippen LogP contribution is -2.26. The molecule has 20 heavy (non-hydrogen) atoms. The largest absolute Gasteiger partial charge is 0.445 e. The first-order chi connectivity index (χ1) is 9.75. The number of benzene rings is 1. The van der Waals surface area contributed by atoms with Crippen molar-refractivity contribution in [3.8, 4) is 0 Å². The molecule has 2 aromatic rings. The molecular formula is C15H17NO3S. The second-order valence-corrected chi connectivity index (χ2v) is 5.29. The van der Waals surface area contributed by atoms with E-state index in [1.807, 2.05) is 47.8 Å². The van der Waals surface area contributed by atoms with Gasteiger partial charge in [-0.1, -0.05) is 36.4 Å². The maximum Gasteiger partial charge on any atom is 0.407 e. The van der Waals surface area contributed by atoms with E-state index >= 15 is 0 Å². The molecule has 1 aromatic carbocycles. The number of hydrogen-bond acceptors (Lipinski definition) is 4. The molecule has 1 unspecified atom stereocenters. The van der Waals surface area contributed by atoms with Gasteiger partial charge in [0.15, 0.2) is 0 Å². The van der Waals surface area contributed by atoms with Crippen molar-refractivity contribution in [2.24, 2.45) is 0 Å². The first-order valence-electron chi connectivity index (χ1n) is 6.42. The Morgan fingerprint density at radius 3 is 2.75 bits per heavy atom. The molecule has 0 aliphatic heterocycles. The molecule has 4 nitrogen and oxygen atoms in total. The van der Waals surface area contributed by atoms with Crippen molar-refractivity contribution < 1.29 is 14.6 Å². The summed E-state index contributed by atoms with van der Waals surface area (Å²) in [4.78, 5) is 12.4. The van der Waals surface area contributed by atoms with Gasteiger partial charge in [0.2, 0.25) is 0 Å². The quantitative estimate of drug-likeness (QED) is 0.860. The summed E-state index contributed by atoms with van der Waals surface area (Å²) >= 11 is 1.50. The summed E-state index contributed by atoms with van der Waals surface area (Å²) in [6.07, 6.45) is -0.530. The minimum absolute atomic E-state index is 0.250. The van der Waals surface area contributed by atoms with E-state index < -0.39 is 12.2 Å². The van der Waals surface area contributed by atoms with Gasteiger partial charge in [-0.3, -0.25) is 0 Å². The van der Waals surface area contributed by atoms with E-state index in [0.29, 0.717) is 13.0 Å². The Balaban J connectivity index is 1.63. The molecule has 1 heterocycles.